The van der Waals surface area contributed by atoms with Crippen LogP contribution in [-0.4, -0.2) is 11.1 Å². The Kier molecular flexibility index (Phi) is 3.50. The van der Waals surface area contributed by atoms with E-state index in [1.54, 1.807) is 18.2 Å². The maximum Gasteiger partial charge on any atom is 0.336 e. The van der Waals surface area contributed by atoms with Crippen LogP contribution in [0.1, 0.15) is 10.4 Å². The lowest BCUT2D eigenvalue weighted by Crippen LogP contribution is -1.99. The summed E-state index contributed by atoms with van der Waals surface area (Å²) in [6, 6.07) is 18.2. The van der Waals surface area contributed by atoms with Gasteiger partial charge in [0.05, 0.1) is 5.56 Å². The highest BCUT2D eigenvalue weighted by Crippen LogP contribution is 2.29. The fourth-order valence-electron chi connectivity index (χ4n) is 2.32. The molecule has 0 radical (unpaired) electrons. The summed E-state index contributed by atoms with van der Waals surface area (Å²) in [5, 5.41) is 14.7. The Hall–Kier alpha value is -2.52. The van der Waals surface area contributed by atoms with Gasteiger partial charge in [-0.05, 0) is 35.7 Å². The number of rotatable bonds is 3. The summed E-state index contributed by atoms with van der Waals surface area (Å²) in [5.74, 6) is -0.930. The lowest BCUT2D eigenvalue weighted by atomic mass is 10.0. The van der Waals surface area contributed by atoms with E-state index in [0.717, 1.165) is 16.8 Å². The summed E-state index contributed by atoms with van der Waals surface area (Å²) < 4.78 is 0. The SMILES string of the molecule is O=C(O)c1ccc(Nc2cccc(Cl)c2)c2ccccc12. The van der Waals surface area contributed by atoms with E-state index in [2.05, 4.69) is 5.32 Å². The first-order chi connectivity index (χ1) is 10.1. The minimum atomic E-state index is -0.930. The van der Waals surface area contributed by atoms with E-state index >= 15 is 0 Å². The van der Waals surface area contributed by atoms with Crippen LogP contribution >= 0.6 is 11.6 Å². The third kappa shape index (κ3) is 2.69. The average molecular weight is 298 g/mol. The van der Waals surface area contributed by atoms with Gasteiger partial charge in [-0.15, -0.1) is 0 Å². The van der Waals surface area contributed by atoms with Gasteiger partial charge in [0.15, 0.2) is 0 Å². The van der Waals surface area contributed by atoms with Crippen LogP contribution in [0.25, 0.3) is 10.8 Å². The van der Waals surface area contributed by atoms with Crippen molar-refractivity contribution in [2.24, 2.45) is 0 Å². The van der Waals surface area contributed by atoms with Crippen LogP contribution in [0.15, 0.2) is 60.7 Å². The second-order valence-corrected chi connectivity index (χ2v) is 5.08. The van der Waals surface area contributed by atoms with Gasteiger partial charge in [0.2, 0.25) is 0 Å². The normalized spacial score (nSPS) is 10.5. The van der Waals surface area contributed by atoms with Crippen molar-refractivity contribution < 1.29 is 9.90 Å². The molecule has 0 fully saturated rings. The number of halogens is 1. The number of carbonyl (C=O) groups is 1. The molecule has 0 spiro atoms. The van der Waals surface area contributed by atoms with Crippen LogP contribution < -0.4 is 5.32 Å². The second-order valence-electron chi connectivity index (χ2n) is 4.65. The van der Waals surface area contributed by atoms with Gasteiger partial charge in [0, 0.05) is 21.8 Å². The number of hydrogen-bond acceptors (Lipinski definition) is 2. The molecule has 4 heteroatoms. The largest absolute Gasteiger partial charge is 0.478 e. The molecule has 3 aromatic rings. The highest BCUT2D eigenvalue weighted by atomic mass is 35.5. The first kappa shape index (κ1) is 13.5. The fourth-order valence-corrected chi connectivity index (χ4v) is 2.51. The van der Waals surface area contributed by atoms with Crippen molar-refractivity contribution >= 4 is 39.7 Å². The first-order valence-electron chi connectivity index (χ1n) is 6.43. The molecular weight excluding hydrogens is 286 g/mol. The number of benzene rings is 3. The molecule has 0 amide bonds. The van der Waals surface area contributed by atoms with Crippen molar-refractivity contribution in [3.05, 3.63) is 71.2 Å². The number of fused-ring (bicyclic) bond motifs is 1. The molecule has 0 atom stereocenters. The number of carboxylic acid groups (broad SMARTS) is 1. The number of carboxylic acids is 1. The molecule has 3 rings (SSSR count). The zero-order chi connectivity index (χ0) is 14.8. The zero-order valence-corrected chi connectivity index (χ0v) is 11.8. The Bertz CT molecular complexity index is 830. The van der Waals surface area contributed by atoms with Crippen LogP contribution in [0.3, 0.4) is 0 Å². The molecule has 0 saturated heterocycles. The van der Waals surface area contributed by atoms with Gasteiger partial charge in [-0.25, -0.2) is 4.79 Å². The number of anilines is 2. The summed E-state index contributed by atoms with van der Waals surface area (Å²) in [6.07, 6.45) is 0. The highest BCUT2D eigenvalue weighted by Gasteiger charge is 2.10. The molecule has 3 aromatic carbocycles. The minimum Gasteiger partial charge on any atom is -0.478 e. The van der Waals surface area contributed by atoms with Crippen molar-refractivity contribution in [3.63, 3.8) is 0 Å². The van der Waals surface area contributed by atoms with Crippen molar-refractivity contribution in [3.8, 4) is 0 Å². The Balaban J connectivity index is 2.12. The first-order valence-corrected chi connectivity index (χ1v) is 6.80. The summed E-state index contributed by atoms with van der Waals surface area (Å²) in [5.41, 5.74) is 2.00. The lowest BCUT2D eigenvalue weighted by molar-refractivity contribution is 0.0699. The van der Waals surface area contributed by atoms with Crippen LogP contribution in [-0.2, 0) is 0 Å². The van der Waals surface area contributed by atoms with E-state index in [1.807, 2.05) is 42.5 Å². The smallest absolute Gasteiger partial charge is 0.336 e. The molecule has 0 bridgehead atoms. The van der Waals surface area contributed by atoms with Crippen molar-refractivity contribution in [2.75, 3.05) is 5.32 Å². The van der Waals surface area contributed by atoms with Gasteiger partial charge < -0.3 is 10.4 Å². The van der Waals surface area contributed by atoms with Crippen molar-refractivity contribution in [1.82, 2.24) is 0 Å². The van der Waals surface area contributed by atoms with Crippen LogP contribution in [0.5, 0.6) is 0 Å². The monoisotopic (exact) mass is 297 g/mol. The van der Waals surface area contributed by atoms with Gasteiger partial charge in [-0.3, -0.25) is 0 Å². The zero-order valence-electron chi connectivity index (χ0n) is 11.0. The summed E-state index contributed by atoms with van der Waals surface area (Å²) >= 11 is 5.98. The highest BCUT2D eigenvalue weighted by molar-refractivity contribution is 6.30. The van der Waals surface area contributed by atoms with E-state index < -0.39 is 5.97 Å². The predicted octanol–water partition coefficient (Wildman–Crippen LogP) is 4.94. The fraction of sp³-hybridized carbons (Fsp3) is 0. The van der Waals surface area contributed by atoms with Gasteiger partial charge in [0.25, 0.3) is 0 Å². The molecule has 0 heterocycles. The molecule has 0 saturated carbocycles. The molecule has 104 valence electrons. The minimum absolute atomic E-state index is 0.294. The molecule has 21 heavy (non-hydrogen) atoms. The third-order valence-electron chi connectivity index (χ3n) is 3.26. The number of nitrogens with one attached hydrogen (secondary N) is 1. The van der Waals surface area contributed by atoms with Gasteiger partial charge in [-0.1, -0.05) is 41.9 Å². The lowest BCUT2D eigenvalue weighted by Gasteiger charge is -2.11. The molecule has 0 unspecified atom stereocenters. The quantitative estimate of drug-likeness (QED) is 0.720. The standard InChI is InChI=1S/C17H12ClNO2/c18-11-4-3-5-12(10-11)19-16-9-8-15(17(20)21)13-6-1-2-7-14(13)16/h1-10,19H,(H,20,21). The van der Waals surface area contributed by atoms with Crippen molar-refractivity contribution in [1.29, 1.82) is 0 Å². The topological polar surface area (TPSA) is 49.3 Å². The Morgan fingerprint density at radius 2 is 1.71 bits per heavy atom. The Morgan fingerprint density at radius 3 is 2.43 bits per heavy atom. The summed E-state index contributed by atoms with van der Waals surface area (Å²) in [4.78, 5) is 11.3. The Labute approximate surface area is 126 Å². The summed E-state index contributed by atoms with van der Waals surface area (Å²) in [7, 11) is 0. The molecule has 0 aliphatic carbocycles. The van der Waals surface area contributed by atoms with Crippen LogP contribution in [0.2, 0.25) is 5.02 Å². The van der Waals surface area contributed by atoms with Gasteiger partial charge in [0.1, 0.15) is 0 Å². The Morgan fingerprint density at radius 1 is 0.952 bits per heavy atom. The third-order valence-corrected chi connectivity index (χ3v) is 3.49. The van der Waals surface area contributed by atoms with Gasteiger partial charge >= 0.3 is 5.97 Å². The van der Waals surface area contributed by atoms with E-state index in [0.29, 0.717) is 16.0 Å². The van der Waals surface area contributed by atoms with E-state index in [9.17, 15) is 9.90 Å². The maximum atomic E-state index is 11.3. The maximum absolute atomic E-state index is 11.3. The predicted molar refractivity (Wildman–Crippen MR) is 85.6 cm³/mol. The molecule has 3 nitrogen and oxygen atoms in total. The van der Waals surface area contributed by atoms with E-state index in [-0.39, 0.29) is 0 Å². The number of hydrogen-bond donors (Lipinski definition) is 2. The molecule has 0 aliphatic rings. The van der Waals surface area contributed by atoms with E-state index in [1.165, 1.54) is 0 Å². The molecular formula is C17H12ClNO2. The molecule has 0 aromatic heterocycles. The second kappa shape index (κ2) is 5.46. The van der Waals surface area contributed by atoms with Crippen LogP contribution in [0, 0.1) is 0 Å². The van der Waals surface area contributed by atoms with Gasteiger partial charge in [-0.2, -0.15) is 0 Å². The average Bonchev–Trinajstić information content (AvgIpc) is 2.47. The van der Waals surface area contributed by atoms with E-state index in [4.69, 9.17) is 11.6 Å². The number of aromatic carboxylic acids is 1. The summed E-state index contributed by atoms with van der Waals surface area (Å²) in [6.45, 7) is 0. The van der Waals surface area contributed by atoms with Crippen molar-refractivity contribution in [2.45, 2.75) is 0 Å². The van der Waals surface area contributed by atoms with Crippen LogP contribution in [0.4, 0.5) is 11.4 Å². The molecule has 2 N–H and O–H groups in total. The molecule has 0 aliphatic heterocycles.